The van der Waals surface area contributed by atoms with Crippen molar-refractivity contribution in [3.63, 3.8) is 0 Å². The van der Waals surface area contributed by atoms with Gasteiger partial charge in [-0.25, -0.2) is 0 Å². The molecule has 0 amide bonds. The van der Waals surface area contributed by atoms with Crippen LogP contribution in [0.5, 0.6) is 0 Å². The molecule has 6 heteroatoms. The first-order valence-electron chi connectivity index (χ1n) is 7.59. The molecule has 2 aromatic heterocycles. The topological polar surface area (TPSA) is 55.6 Å². The third-order valence-corrected chi connectivity index (χ3v) is 4.45. The maximum atomic E-state index is 12.8. The predicted molar refractivity (Wildman–Crippen MR) is 84.9 cm³/mol. The molecule has 0 bridgehead atoms. The van der Waals surface area contributed by atoms with E-state index in [-0.39, 0.29) is 5.56 Å². The second-order valence-corrected chi connectivity index (χ2v) is 5.96. The van der Waals surface area contributed by atoms with Crippen LogP contribution < -0.4 is 5.56 Å². The van der Waals surface area contributed by atoms with Gasteiger partial charge < -0.3 is 9.13 Å². The van der Waals surface area contributed by atoms with Crippen LogP contribution in [-0.4, -0.2) is 19.3 Å². The lowest BCUT2D eigenvalue weighted by Gasteiger charge is -2.14. The Balaban J connectivity index is 2.09. The quantitative estimate of drug-likeness (QED) is 0.882. The van der Waals surface area contributed by atoms with Crippen LogP contribution in [0.3, 0.4) is 0 Å². The molecule has 0 radical (unpaired) electrons. The standard InChI is InChI=1S/C15H20N4OS/c1-2-9-19-13(16-17-15(19)21)12-8-5-10-18(14(12)20)11-6-3-4-7-11/h5,8,10-11H,2-4,6-7,9H2,1H3,(H,17,21). The highest BCUT2D eigenvalue weighted by Crippen LogP contribution is 2.28. The molecule has 0 atom stereocenters. The molecule has 1 saturated carbocycles. The molecule has 3 rings (SSSR count). The number of H-pyrrole nitrogens is 1. The van der Waals surface area contributed by atoms with E-state index in [0.29, 0.717) is 22.2 Å². The second-order valence-electron chi connectivity index (χ2n) is 5.58. The van der Waals surface area contributed by atoms with Crippen LogP contribution in [0.15, 0.2) is 23.1 Å². The fourth-order valence-electron chi connectivity index (χ4n) is 3.10. The van der Waals surface area contributed by atoms with Gasteiger partial charge in [-0.1, -0.05) is 19.8 Å². The summed E-state index contributed by atoms with van der Waals surface area (Å²) in [5, 5.41) is 7.07. The van der Waals surface area contributed by atoms with E-state index < -0.39 is 0 Å². The third kappa shape index (κ3) is 2.60. The Morgan fingerprint density at radius 1 is 1.43 bits per heavy atom. The maximum Gasteiger partial charge on any atom is 0.261 e. The number of nitrogens with zero attached hydrogens (tertiary/aromatic N) is 3. The van der Waals surface area contributed by atoms with E-state index in [2.05, 4.69) is 17.1 Å². The van der Waals surface area contributed by atoms with Crippen LogP contribution in [0.4, 0.5) is 0 Å². The van der Waals surface area contributed by atoms with E-state index in [9.17, 15) is 4.79 Å². The molecule has 1 N–H and O–H groups in total. The van der Waals surface area contributed by atoms with Gasteiger partial charge in [0.25, 0.3) is 5.56 Å². The minimum Gasteiger partial charge on any atom is -0.312 e. The summed E-state index contributed by atoms with van der Waals surface area (Å²) >= 11 is 5.26. The largest absolute Gasteiger partial charge is 0.312 e. The number of aromatic amines is 1. The molecule has 5 nitrogen and oxygen atoms in total. The van der Waals surface area contributed by atoms with Crippen molar-refractivity contribution in [3.05, 3.63) is 33.5 Å². The van der Waals surface area contributed by atoms with Crippen molar-refractivity contribution in [2.45, 2.75) is 51.6 Å². The van der Waals surface area contributed by atoms with Gasteiger partial charge in [0, 0.05) is 18.8 Å². The smallest absolute Gasteiger partial charge is 0.261 e. The molecule has 21 heavy (non-hydrogen) atoms. The molecule has 0 spiro atoms. The van der Waals surface area contributed by atoms with Crippen LogP contribution in [0.1, 0.15) is 45.1 Å². The highest BCUT2D eigenvalue weighted by atomic mass is 32.1. The lowest BCUT2D eigenvalue weighted by atomic mass is 10.2. The number of nitrogens with one attached hydrogen (secondary N) is 1. The van der Waals surface area contributed by atoms with Gasteiger partial charge in [-0.15, -0.1) is 0 Å². The van der Waals surface area contributed by atoms with Crippen LogP contribution in [0.2, 0.25) is 0 Å². The van der Waals surface area contributed by atoms with E-state index in [1.165, 1.54) is 12.8 Å². The first-order valence-corrected chi connectivity index (χ1v) is 8.00. The van der Waals surface area contributed by atoms with E-state index in [1.54, 1.807) is 0 Å². The first-order chi connectivity index (χ1) is 10.2. The van der Waals surface area contributed by atoms with Crippen LogP contribution in [-0.2, 0) is 6.54 Å². The number of hydrogen-bond donors (Lipinski definition) is 1. The fourth-order valence-corrected chi connectivity index (χ4v) is 3.33. The first kappa shape index (κ1) is 14.3. The van der Waals surface area contributed by atoms with Crippen molar-refractivity contribution in [3.8, 4) is 11.4 Å². The Morgan fingerprint density at radius 2 is 2.19 bits per heavy atom. The highest BCUT2D eigenvalue weighted by molar-refractivity contribution is 7.71. The Hall–Kier alpha value is -1.69. The zero-order valence-electron chi connectivity index (χ0n) is 12.2. The fraction of sp³-hybridized carbons (Fsp3) is 0.533. The summed E-state index contributed by atoms with van der Waals surface area (Å²) < 4.78 is 4.35. The number of aromatic nitrogens is 4. The molecule has 1 fully saturated rings. The summed E-state index contributed by atoms with van der Waals surface area (Å²) in [5.41, 5.74) is 0.668. The normalized spacial score (nSPS) is 15.7. The molecule has 2 aromatic rings. The maximum absolute atomic E-state index is 12.8. The van der Waals surface area contributed by atoms with Crippen molar-refractivity contribution in [2.75, 3.05) is 0 Å². The molecule has 0 aromatic carbocycles. The van der Waals surface area contributed by atoms with Gasteiger partial charge in [-0.05, 0) is 43.6 Å². The van der Waals surface area contributed by atoms with E-state index in [4.69, 9.17) is 12.2 Å². The molecule has 1 aliphatic carbocycles. The summed E-state index contributed by atoms with van der Waals surface area (Å²) in [7, 11) is 0. The summed E-state index contributed by atoms with van der Waals surface area (Å²) in [5.74, 6) is 0.652. The molecular weight excluding hydrogens is 284 g/mol. The Labute approximate surface area is 128 Å². The lowest BCUT2D eigenvalue weighted by Crippen LogP contribution is -2.24. The van der Waals surface area contributed by atoms with Crippen molar-refractivity contribution >= 4 is 12.2 Å². The molecule has 0 aliphatic heterocycles. The zero-order valence-corrected chi connectivity index (χ0v) is 13.0. The number of rotatable bonds is 4. The molecule has 0 unspecified atom stereocenters. The predicted octanol–water partition coefficient (Wildman–Crippen LogP) is 3.29. The Kier molecular flexibility index (Phi) is 4.05. The van der Waals surface area contributed by atoms with Gasteiger partial charge >= 0.3 is 0 Å². The van der Waals surface area contributed by atoms with E-state index >= 15 is 0 Å². The number of pyridine rings is 1. The molecule has 0 saturated heterocycles. The summed E-state index contributed by atoms with van der Waals surface area (Å²) in [6.45, 7) is 2.85. The van der Waals surface area contributed by atoms with E-state index in [0.717, 1.165) is 25.8 Å². The zero-order chi connectivity index (χ0) is 14.8. The Bertz CT molecular complexity index is 737. The van der Waals surface area contributed by atoms with Crippen LogP contribution in [0.25, 0.3) is 11.4 Å². The summed E-state index contributed by atoms with van der Waals surface area (Å²) in [6.07, 6.45) is 7.43. The molecule has 2 heterocycles. The average Bonchev–Trinajstić information content (AvgIpc) is 3.11. The van der Waals surface area contributed by atoms with Crippen LogP contribution >= 0.6 is 12.2 Å². The number of hydrogen-bond acceptors (Lipinski definition) is 3. The van der Waals surface area contributed by atoms with Gasteiger partial charge in [-0.3, -0.25) is 9.89 Å². The lowest BCUT2D eigenvalue weighted by molar-refractivity contribution is 0.503. The van der Waals surface area contributed by atoms with Gasteiger partial charge in [0.15, 0.2) is 10.6 Å². The van der Waals surface area contributed by atoms with Crippen molar-refractivity contribution in [1.29, 1.82) is 0 Å². The monoisotopic (exact) mass is 304 g/mol. The minimum atomic E-state index is 0.0377. The van der Waals surface area contributed by atoms with Crippen LogP contribution in [0, 0.1) is 4.77 Å². The van der Waals surface area contributed by atoms with Crippen molar-refractivity contribution in [2.24, 2.45) is 0 Å². The highest BCUT2D eigenvalue weighted by Gasteiger charge is 2.20. The van der Waals surface area contributed by atoms with E-state index in [1.807, 2.05) is 27.5 Å². The molecule has 1 aliphatic rings. The SMILES string of the molecule is CCCn1c(-c2cccn(C3CCCC3)c2=O)n[nH]c1=S. The minimum absolute atomic E-state index is 0.0377. The van der Waals surface area contributed by atoms with Gasteiger partial charge in [-0.2, -0.15) is 5.10 Å². The summed E-state index contributed by atoms with van der Waals surface area (Å²) in [4.78, 5) is 12.8. The second kappa shape index (κ2) is 5.97. The average molecular weight is 304 g/mol. The van der Waals surface area contributed by atoms with Gasteiger partial charge in [0.05, 0.1) is 5.56 Å². The molecule has 112 valence electrons. The van der Waals surface area contributed by atoms with Gasteiger partial charge in [0.1, 0.15) is 0 Å². The third-order valence-electron chi connectivity index (χ3n) is 4.14. The van der Waals surface area contributed by atoms with Crippen molar-refractivity contribution < 1.29 is 0 Å². The Morgan fingerprint density at radius 3 is 2.90 bits per heavy atom. The molecular formula is C15H20N4OS. The summed E-state index contributed by atoms with van der Waals surface area (Å²) in [6, 6.07) is 4.10. The van der Waals surface area contributed by atoms with Crippen molar-refractivity contribution in [1.82, 2.24) is 19.3 Å². The van der Waals surface area contributed by atoms with Gasteiger partial charge in [0.2, 0.25) is 0 Å².